The van der Waals surface area contributed by atoms with Crippen molar-refractivity contribution in [2.45, 2.75) is 31.7 Å². The first-order chi connectivity index (χ1) is 20.2. The van der Waals surface area contributed by atoms with E-state index in [2.05, 4.69) is 16.9 Å². The van der Waals surface area contributed by atoms with Crippen LogP contribution in [0, 0.1) is 23.0 Å². The summed E-state index contributed by atoms with van der Waals surface area (Å²) in [5, 5.41) is 9.09. The van der Waals surface area contributed by atoms with Crippen LogP contribution in [0.15, 0.2) is 24.5 Å². The van der Waals surface area contributed by atoms with Crippen LogP contribution < -0.4 is 9.80 Å². The minimum atomic E-state index is -0.512. The van der Waals surface area contributed by atoms with Crippen molar-refractivity contribution in [1.29, 1.82) is 5.26 Å². The third-order valence-corrected chi connectivity index (χ3v) is 8.01. The average Bonchev–Trinajstić information content (AvgIpc) is 3.26. The van der Waals surface area contributed by atoms with Gasteiger partial charge in [-0.3, -0.25) is 9.20 Å². The minimum Gasteiger partial charge on any atom is -0.353 e. The Kier molecular flexibility index (Phi) is 9.13. The van der Waals surface area contributed by atoms with Crippen molar-refractivity contribution < 1.29 is 13.6 Å². The monoisotopic (exact) mass is 580 g/mol. The summed E-state index contributed by atoms with van der Waals surface area (Å²) in [6.45, 7) is 4.94. The van der Waals surface area contributed by atoms with E-state index in [1.165, 1.54) is 12.3 Å². The molecule has 1 unspecified atom stereocenters. The highest BCUT2D eigenvalue weighted by Gasteiger charge is 2.33. The number of fused-ring (bicyclic) bond motifs is 1. The van der Waals surface area contributed by atoms with Crippen molar-refractivity contribution in [3.63, 3.8) is 0 Å². The molecule has 2 fully saturated rings. The molecule has 0 aromatic carbocycles. The van der Waals surface area contributed by atoms with Gasteiger partial charge < -0.3 is 24.5 Å². The molecule has 224 valence electrons. The Labute approximate surface area is 245 Å². The molecule has 13 heteroatoms. The van der Waals surface area contributed by atoms with Crippen LogP contribution in [0.3, 0.4) is 0 Å². The van der Waals surface area contributed by atoms with E-state index in [0.29, 0.717) is 50.6 Å². The minimum absolute atomic E-state index is 0.153. The molecule has 3 aromatic rings. The number of likely N-dealkylation sites (N-methyl/N-ethyl adjacent to an activating group) is 2. The molecule has 1 atom stereocenters. The molecule has 0 saturated carbocycles. The summed E-state index contributed by atoms with van der Waals surface area (Å²) >= 11 is 0. The number of hydrogen-bond donors (Lipinski definition) is 0. The van der Waals surface area contributed by atoms with E-state index in [9.17, 15) is 9.18 Å². The van der Waals surface area contributed by atoms with E-state index >= 15 is 4.39 Å². The molecule has 1 amide bonds. The second kappa shape index (κ2) is 13.0. The average molecular weight is 581 g/mol. The van der Waals surface area contributed by atoms with E-state index in [-0.39, 0.29) is 35.8 Å². The first-order valence-electron chi connectivity index (χ1n) is 14.4. The van der Waals surface area contributed by atoms with Crippen LogP contribution in [0.5, 0.6) is 0 Å². The molecule has 0 bridgehead atoms. The molecule has 0 radical (unpaired) electrons. The Morgan fingerprint density at radius 2 is 1.93 bits per heavy atom. The van der Waals surface area contributed by atoms with Crippen LogP contribution in [0.25, 0.3) is 17.2 Å². The Hall–Kier alpha value is -3.89. The van der Waals surface area contributed by atoms with Crippen LogP contribution in [0.2, 0.25) is 0 Å². The number of rotatable bonds is 8. The zero-order valence-corrected chi connectivity index (χ0v) is 24.5. The summed E-state index contributed by atoms with van der Waals surface area (Å²) in [7, 11) is 5.96. The fraction of sp³-hybridized carbons (Fsp3) is 0.552. The smallest absolute Gasteiger partial charge is 0.236 e. The summed E-state index contributed by atoms with van der Waals surface area (Å²) < 4.78 is 32.6. The van der Waals surface area contributed by atoms with Crippen LogP contribution in [-0.2, 0) is 4.79 Å². The highest BCUT2D eigenvalue weighted by Crippen LogP contribution is 2.33. The lowest BCUT2D eigenvalue weighted by molar-refractivity contribution is -0.131. The molecule has 42 heavy (non-hydrogen) atoms. The maximum Gasteiger partial charge on any atom is 0.236 e. The Bertz CT molecular complexity index is 1450. The second-order valence-electron chi connectivity index (χ2n) is 11.3. The molecule has 2 aliphatic rings. The van der Waals surface area contributed by atoms with Gasteiger partial charge in [0.05, 0.1) is 12.3 Å². The fourth-order valence-corrected chi connectivity index (χ4v) is 5.70. The number of carbonyl (C=O) groups excluding carboxylic acids is 1. The number of amides is 1. The molecule has 5 heterocycles. The van der Waals surface area contributed by atoms with Gasteiger partial charge >= 0.3 is 0 Å². The molecule has 0 spiro atoms. The molecule has 2 saturated heterocycles. The van der Waals surface area contributed by atoms with Crippen molar-refractivity contribution >= 4 is 23.2 Å². The summed E-state index contributed by atoms with van der Waals surface area (Å²) in [4.78, 5) is 36.4. The molecule has 5 rings (SSSR count). The molecule has 0 aliphatic carbocycles. The number of piperidine rings is 1. The highest BCUT2D eigenvalue weighted by atomic mass is 19.1. The van der Waals surface area contributed by atoms with E-state index in [0.717, 1.165) is 32.4 Å². The van der Waals surface area contributed by atoms with Crippen LogP contribution in [0.4, 0.5) is 20.4 Å². The van der Waals surface area contributed by atoms with Crippen molar-refractivity contribution in [1.82, 2.24) is 34.1 Å². The molecule has 11 nitrogen and oxygen atoms in total. The van der Waals surface area contributed by atoms with E-state index < -0.39 is 11.6 Å². The number of anilines is 2. The number of pyridine rings is 1. The number of imidazole rings is 1. The van der Waals surface area contributed by atoms with Crippen molar-refractivity contribution in [3.8, 4) is 17.6 Å². The quantitative estimate of drug-likeness (QED) is 0.398. The van der Waals surface area contributed by atoms with Gasteiger partial charge in [-0.15, -0.1) is 0 Å². The predicted octanol–water partition coefficient (Wildman–Crippen LogP) is 2.48. The Morgan fingerprint density at radius 1 is 1.10 bits per heavy atom. The van der Waals surface area contributed by atoms with E-state index in [4.69, 9.17) is 15.2 Å². The third-order valence-electron chi connectivity index (χ3n) is 8.01. The van der Waals surface area contributed by atoms with Crippen LogP contribution in [0.1, 0.15) is 25.7 Å². The number of nitriles is 1. The zero-order chi connectivity index (χ0) is 29.8. The zero-order valence-electron chi connectivity index (χ0n) is 24.5. The van der Waals surface area contributed by atoms with Crippen molar-refractivity contribution in [2.24, 2.45) is 0 Å². The SMILES string of the molecule is CN(C)CCN(c1nc(-c2cnc3ccc(F)cn23)nc(N2CCCN(C)CC2)c1F)C1CCCN(C(=O)CC#N)C1. The number of halogens is 2. The summed E-state index contributed by atoms with van der Waals surface area (Å²) in [5.74, 6) is -0.555. The standard InChI is InChI=1S/C29H38F2N10O/c1-36(2)14-17-40(22-6-4-12-39(20-22)25(42)9-10-32)29-26(31)28(38-13-5-11-37(3)15-16-38)34-27(35-29)23-18-33-24-8-7-21(30)19-41(23)24/h7-8,18-19,22H,4-6,9,11-17,20H2,1-3H3. The normalized spacial score (nSPS) is 18.4. The van der Waals surface area contributed by atoms with E-state index in [1.54, 1.807) is 21.6 Å². The van der Waals surface area contributed by atoms with Gasteiger partial charge in [0, 0.05) is 58.1 Å². The largest absolute Gasteiger partial charge is 0.353 e. The van der Waals surface area contributed by atoms with Crippen LogP contribution in [-0.4, -0.2) is 120 Å². The topological polar surface area (TPSA) is 100 Å². The molecular formula is C29H38F2N10O. The highest BCUT2D eigenvalue weighted by molar-refractivity contribution is 5.78. The van der Waals surface area contributed by atoms with Gasteiger partial charge in [-0.25, -0.2) is 19.3 Å². The fourth-order valence-electron chi connectivity index (χ4n) is 5.70. The number of likely N-dealkylation sites (tertiary alicyclic amines) is 1. The summed E-state index contributed by atoms with van der Waals surface area (Å²) in [6.07, 6.45) is 5.06. The number of aromatic nitrogens is 4. The second-order valence-corrected chi connectivity index (χ2v) is 11.3. The Balaban J connectivity index is 1.63. The lowest BCUT2D eigenvalue weighted by Gasteiger charge is -2.40. The van der Waals surface area contributed by atoms with Gasteiger partial charge in [0.1, 0.15) is 23.6 Å². The molecular weight excluding hydrogens is 542 g/mol. The number of nitrogens with zero attached hydrogens (tertiary/aromatic N) is 10. The van der Waals surface area contributed by atoms with Gasteiger partial charge in [0.15, 0.2) is 17.5 Å². The number of hydrogen-bond acceptors (Lipinski definition) is 9. The maximum atomic E-state index is 16.8. The van der Waals surface area contributed by atoms with Crippen LogP contribution >= 0.6 is 0 Å². The molecule has 3 aromatic heterocycles. The van der Waals surface area contributed by atoms with E-state index in [1.807, 2.05) is 34.9 Å². The first-order valence-corrected chi connectivity index (χ1v) is 14.4. The lowest BCUT2D eigenvalue weighted by Crippen LogP contribution is -2.52. The number of carbonyl (C=O) groups is 1. The van der Waals surface area contributed by atoms with Gasteiger partial charge in [0.25, 0.3) is 0 Å². The van der Waals surface area contributed by atoms with Gasteiger partial charge in [-0.1, -0.05) is 0 Å². The summed E-state index contributed by atoms with van der Waals surface area (Å²) in [6, 6.07) is 4.66. The molecule has 2 aliphatic heterocycles. The summed E-state index contributed by atoms with van der Waals surface area (Å²) in [5.41, 5.74) is 0.989. The maximum absolute atomic E-state index is 16.8. The third kappa shape index (κ3) is 6.44. The van der Waals surface area contributed by atoms with Crippen molar-refractivity contribution in [2.75, 3.05) is 83.3 Å². The molecule has 0 N–H and O–H groups in total. The van der Waals surface area contributed by atoms with Gasteiger partial charge in [-0.05, 0) is 59.1 Å². The predicted molar refractivity (Wildman–Crippen MR) is 156 cm³/mol. The first kappa shape index (κ1) is 29.6. The Morgan fingerprint density at radius 3 is 2.71 bits per heavy atom. The van der Waals surface area contributed by atoms with Crippen molar-refractivity contribution in [3.05, 3.63) is 36.2 Å². The van der Waals surface area contributed by atoms with Gasteiger partial charge in [0.2, 0.25) is 11.7 Å². The van der Waals surface area contributed by atoms with Gasteiger partial charge in [-0.2, -0.15) is 9.65 Å². The lowest BCUT2D eigenvalue weighted by atomic mass is 10.0.